The molecular formula is C15H10ClFN2. The first kappa shape index (κ1) is 13.3. The highest BCUT2D eigenvalue weighted by Crippen LogP contribution is 2.29. The van der Waals surface area contributed by atoms with Crippen molar-refractivity contribution in [3.05, 3.63) is 65.2 Å². The van der Waals surface area contributed by atoms with Gasteiger partial charge in [-0.15, -0.1) is 0 Å². The first-order chi connectivity index (χ1) is 9.13. The number of hydrogen-bond acceptors (Lipinski definition) is 2. The number of nitriles is 1. The normalized spacial score (nSPS) is 11.7. The van der Waals surface area contributed by atoms with E-state index in [4.69, 9.17) is 11.6 Å². The third-order valence-electron chi connectivity index (χ3n) is 2.71. The lowest BCUT2D eigenvalue weighted by atomic mass is 10.0. The molecule has 2 rings (SSSR count). The van der Waals surface area contributed by atoms with Gasteiger partial charge < -0.3 is 0 Å². The number of aromatic nitrogens is 1. The highest BCUT2D eigenvalue weighted by atomic mass is 35.5. The predicted octanol–water partition coefficient (Wildman–Crippen LogP) is 4.16. The van der Waals surface area contributed by atoms with Crippen molar-refractivity contribution < 1.29 is 4.39 Å². The quantitative estimate of drug-likeness (QED) is 0.770. The summed E-state index contributed by atoms with van der Waals surface area (Å²) in [5.74, 6) is -0.348. The predicted molar refractivity (Wildman–Crippen MR) is 73.7 cm³/mol. The lowest BCUT2D eigenvalue weighted by Gasteiger charge is -2.05. The summed E-state index contributed by atoms with van der Waals surface area (Å²) in [6, 6.07) is 10.1. The molecule has 2 nitrogen and oxygen atoms in total. The number of allylic oxidation sites excluding steroid dienone is 1. The Balaban J connectivity index is 2.56. The van der Waals surface area contributed by atoms with Crippen LogP contribution in [-0.4, -0.2) is 4.98 Å². The van der Waals surface area contributed by atoms with E-state index in [2.05, 4.69) is 4.98 Å². The Morgan fingerprint density at radius 3 is 2.68 bits per heavy atom. The number of hydrogen-bond donors (Lipinski definition) is 0. The molecule has 0 spiro atoms. The van der Waals surface area contributed by atoms with E-state index in [0.717, 1.165) is 0 Å². The molecule has 0 amide bonds. The van der Waals surface area contributed by atoms with Crippen molar-refractivity contribution in [1.29, 1.82) is 5.26 Å². The summed E-state index contributed by atoms with van der Waals surface area (Å²) in [6.07, 6.45) is 3.16. The molecule has 0 saturated heterocycles. The summed E-state index contributed by atoms with van der Waals surface area (Å²) in [4.78, 5) is 3.94. The number of benzene rings is 1. The Bertz CT molecular complexity index is 672. The van der Waals surface area contributed by atoms with Crippen LogP contribution in [0, 0.1) is 24.1 Å². The minimum absolute atomic E-state index is 0.217. The first-order valence-electron chi connectivity index (χ1n) is 5.60. The molecule has 0 bridgehead atoms. The highest BCUT2D eigenvalue weighted by molar-refractivity contribution is 6.53. The van der Waals surface area contributed by atoms with E-state index in [1.54, 1.807) is 43.6 Å². The zero-order valence-electron chi connectivity index (χ0n) is 10.2. The van der Waals surface area contributed by atoms with Crippen molar-refractivity contribution in [2.75, 3.05) is 0 Å². The lowest BCUT2D eigenvalue weighted by molar-refractivity contribution is 0.618. The van der Waals surface area contributed by atoms with Crippen LogP contribution in [0.5, 0.6) is 0 Å². The zero-order valence-corrected chi connectivity index (χ0v) is 10.9. The Kier molecular flexibility index (Phi) is 3.94. The second kappa shape index (κ2) is 5.64. The maximum absolute atomic E-state index is 13.5. The molecular weight excluding hydrogens is 263 g/mol. The number of nitrogens with zero attached hydrogens (tertiary/aromatic N) is 2. The molecule has 1 aromatic heterocycles. The highest BCUT2D eigenvalue weighted by Gasteiger charge is 2.11. The van der Waals surface area contributed by atoms with Crippen molar-refractivity contribution in [2.24, 2.45) is 0 Å². The van der Waals surface area contributed by atoms with Gasteiger partial charge in [-0.05, 0) is 30.2 Å². The molecule has 0 unspecified atom stereocenters. The second-order valence-corrected chi connectivity index (χ2v) is 4.38. The van der Waals surface area contributed by atoms with Crippen molar-refractivity contribution in [2.45, 2.75) is 6.92 Å². The summed E-state index contributed by atoms with van der Waals surface area (Å²) >= 11 is 6.19. The van der Waals surface area contributed by atoms with Crippen LogP contribution in [0.15, 0.2) is 42.7 Å². The van der Waals surface area contributed by atoms with Crippen LogP contribution in [0.4, 0.5) is 4.39 Å². The van der Waals surface area contributed by atoms with Crippen molar-refractivity contribution >= 4 is 22.2 Å². The molecule has 4 heteroatoms. The maximum atomic E-state index is 13.5. The van der Waals surface area contributed by atoms with Crippen molar-refractivity contribution in [1.82, 2.24) is 4.98 Å². The van der Waals surface area contributed by atoms with Crippen molar-refractivity contribution in [3.8, 4) is 6.07 Å². The fourth-order valence-corrected chi connectivity index (χ4v) is 1.89. The molecule has 0 aliphatic carbocycles. The molecule has 19 heavy (non-hydrogen) atoms. The van der Waals surface area contributed by atoms with Crippen LogP contribution in [0.1, 0.15) is 16.7 Å². The molecule has 0 aliphatic heterocycles. The van der Waals surface area contributed by atoms with Gasteiger partial charge in [0.25, 0.3) is 0 Å². The van der Waals surface area contributed by atoms with Crippen LogP contribution in [0.25, 0.3) is 10.6 Å². The molecule has 0 fully saturated rings. The van der Waals surface area contributed by atoms with Gasteiger partial charge in [-0.2, -0.15) is 5.26 Å². The van der Waals surface area contributed by atoms with Gasteiger partial charge in [-0.25, -0.2) is 4.39 Å². The zero-order chi connectivity index (χ0) is 13.8. The Hall–Kier alpha value is -2.18. The molecule has 0 saturated carbocycles. The van der Waals surface area contributed by atoms with Gasteiger partial charge in [0.2, 0.25) is 0 Å². The van der Waals surface area contributed by atoms with Crippen LogP contribution in [-0.2, 0) is 0 Å². The number of aryl methyl sites for hydroxylation is 1. The molecule has 1 heterocycles. The number of rotatable bonds is 2. The molecule has 0 aliphatic rings. The molecule has 2 aromatic rings. The monoisotopic (exact) mass is 272 g/mol. The summed E-state index contributed by atoms with van der Waals surface area (Å²) < 4.78 is 13.5. The van der Waals surface area contributed by atoms with Crippen LogP contribution in [0.2, 0.25) is 0 Å². The summed E-state index contributed by atoms with van der Waals surface area (Å²) in [5.41, 5.74) is 1.90. The second-order valence-electron chi connectivity index (χ2n) is 4.01. The summed E-state index contributed by atoms with van der Waals surface area (Å²) in [5, 5.41) is 9.44. The Morgan fingerprint density at radius 2 is 2.11 bits per heavy atom. The summed E-state index contributed by atoms with van der Waals surface area (Å²) in [7, 11) is 0. The average molecular weight is 273 g/mol. The van der Waals surface area contributed by atoms with E-state index in [0.29, 0.717) is 16.7 Å². The van der Waals surface area contributed by atoms with E-state index >= 15 is 0 Å². The topological polar surface area (TPSA) is 36.7 Å². The third kappa shape index (κ3) is 2.81. The molecule has 0 atom stereocenters. The fraction of sp³-hybridized carbons (Fsp3) is 0.0667. The van der Waals surface area contributed by atoms with Gasteiger partial charge in [-0.1, -0.05) is 29.8 Å². The van der Waals surface area contributed by atoms with Gasteiger partial charge in [0.05, 0.1) is 10.6 Å². The average Bonchev–Trinajstić information content (AvgIpc) is 2.44. The van der Waals surface area contributed by atoms with E-state index in [9.17, 15) is 9.65 Å². The lowest BCUT2D eigenvalue weighted by Crippen LogP contribution is -1.89. The minimum Gasteiger partial charge on any atom is -0.264 e. The number of pyridine rings is 1. The standard InChI is InChI=1S/C15H10ClFN2/c1-10-4-5-11(7-14(10)17)15(16)13(8-18)12-3-2-6-19-9-12/h2-7,9H,1H3/b15-13+. The van der Waals surface area contributed by atoms with Crippen LogP contribution in [0.3, 0.4) is 0 Å². The Labute approximate surface area is 115 Å². The SMILES string of the molecule is Cc1ccc(/C(Cl)=C(/C#N)c2cccnc2)cc1F. The third-order valence-corrected chi connectivity index (χ3v) is 3.11. The first-order valence-corrected chi connectivity index (χ1v) is 5.98. The minimum atomic E-state index is -0.348. The van der Waals surface area contributed by atoms with E-state index in [1.807, 2.05) is 6.07 Å². The van der Waals surface area contributed by atoms with Gasteiger partial charge in [0.15, 0.2) is 0 Å². The fourth-order valence-electron chi connectivity index (χ4n) is 1.62. The molecule has 0 N–H and O–H groups in total. The molecule has 94 valence electrons. The maximum Gasteiger partial charge on any atom is 0.126 e. The van der Waals surface area contributed by atoms with Crippen LogP contribution < -0.4 is 0 Å². The van der Waals surface area contributed by atoms with Gasteiger partial charge in [0.1, 0.15) is 11.9 Å². The van der Waals surface area contributed by atoms with Gasteiger partial charge in [-0.3, -0.25) is 4.98 Å². The molecule has 1 aromatic carbocycles. The van der Waals surface area contributed by atoms with E-state index in [-0.39, 0.29) is 16.4 Å². The smallest absolute Gasteiger partial charge is 0.126 e. The van der Waals surface area contributed by atoms with E-state index < -0.39 is 0 Å². The van der Waals surface area contributed by atoms with Crippen molar-refractivity contribution in [3.63, 3.8) is 0 Å². The largest absolute Gasteiger partial charge is 0.264 e. The molecule has 0 radical (unpaired) electrons. The van der Waals surface area contributed by atoms with Crippen LogP contribution >= 0.6 is 11.6 Å². The van der Waals surface area contributed by atoms with E-state index in [1.165, 1.54) is 6.07 Å². The van der Waals surface area contributed by atoms with Gasteiger partial charge >= 0.3 is 0 Å². The van der Waals surface area contributed by atoms with Gasteiger partial charge in [0, 0.05) is 18.0 Å². The number of halogens is 2. The Morgan fingerprint density at radius 1 is 1.32 bits per heavy atom. The summed E-state index contributed by atoms with van der Waals surface area (Å²) in [6.45, 7) is 1.67.